The van der Waals surface area contributed by atoms with Crippen LogP contribution >= 0.6 is 0 Å². The van der Waals surface area contributed by atoms with E-state index in [1.165, 1.54) is 0 Å². The Labute approximate surface area is 280 Å². The zero-order chi connectivity index (χ0) is 33.7. The van der Waals surface area contributed by atoms with Crippen LogP contribution < -0.4 is 18.9 Å². The predicted molar refractivity (Wildman–Crippen MR) is 174 cm³/mol. The number of nitrogens with zero attached hydrogens (tertiary/aromatic N) is 3. The van der Waals surface area contributed by atoms with Gasteiger partial charge in [0.25, 0.3) is 0 Å². The molecule has 1 unspecified atom stereocenters. The van der Waals surface area contributed by atoms with Crippen LogP contribution in [0.5, 0.6) is 28.7 Å². The number of nitriles is 1. The maximum absolute atomic E-state index is 13.2. The van der Waals surface area contributed by atoms with Gasteiger partial charge in [-0.2, -0.15) is 5.26 Å². The van der Waals surface area contributed by atoms with E-state index in [0.717, 1.165) is 22.3 Å². The highest BCUT2D eigenvalue weighted by molar-refractivity contribution is 5.70. The Morgan fingerprint density at radius 2 is 1.83 bits per heavy atom. The van der Waals surface area contributed by atoms with Crippen molar-refractivity contribution < 1.29 is 38.3 Å². The summed E-state index contributed by atoms with van der Waals surface area (Å²) in [5.41, 5.74) is 6.05. The molecular formula is C37H41N3O8. The van der Waals surface area contributed by atoms with Crippen LogP contribution in [0.2, 0.25) is 0 Å². The van der Waals surface area contributed by atoms with Gasteiger partial charge >= 0.3 is 5.97 Å². The van der Waals surface area contributed by atoms with Crippen LogP contribution in [-0.4, -0.2) is 80.5 Å². The lowest BCUT2D eigenvalue weighted by Crippen LogP contribution is -2.68. The second kappa shape index (κ2) is 12.8. The SMILES string of the molecule is COCOc1c(OC)c(C)cc2c1[C@H]1C3Cc4c(O)c(C)c5c(c4[C@H](COC(=O)CCc4ccccc4)N3[C@@H](C#N)[C@@H](C2)N1C)OCO5. The van der Waals surface area contributed by atoms with Crippen molar-refractivity contribution in [3.8, 4) is 34.8 Å². The minimum Gasteiger partial charge on any atom is -0.507 e. The van der Waals surface area contributed by atoms with Gasteiger partial charge in [0.2, 0.25) is 6.79 Å². The molecule has 4 heterocycles. The van der Waals surface area contributed by atoms with Crippen LogP contribution in [0.15, 0.2) is 36.4 Å². The van der Waals surface area contributed by atoms with Crippen molar-refractivity contribution in [2.45, 2.75) is 69.7 Å². The molecule has 11 nitrogen and oxygen atoms in total. The first-order chi connectivity index (χ1) is 23.3. The molecule has 0 aromatic heterocycles. The highest BCUT2D eigenvalue weighted by atomic mass is 16.7. The molecule has 252 valence electrons. The number of ether oxygens (including phenoxy) is 6. The lowest BCUT2D eigenvalue weighted by molar-refractivity contribution is -0.149. The summed E-state index contributed by atoms with van der Waals surface area (Å²) in [5, 5.41) is 22.6. The van der Waals surface area contributed by atoms with E-state index < -0.39 is 12.1 Å². The monoisotopic (exact) mass is 655 g/mol. The molecule has 1 saturated heterocycles. The molecule has 5 atom stereocenters. The van der Waals surface area contributed by atoms with Gasteiger partial charge in [0.15, 0.2) is 29.8 Å². The van der Waals surface area contributed by atoms with Crippen LogP contribution in [0.4, 0.5) is 0 Å². The molecule has 0 aliphatic carbocycles. The number of aromatic hydroxyl groups is 1. The molecule has 2 bridgehead atoms. The quantitative estimate of drug-likeness (QED) is 0.256. The molecule has 4 aliphatic rings. The summed E-state index contributed by atoms with van der Waals surface area (Å²) in [7, 11) is 5.26. The molecule has 0 radical (unpaired) electrons. The number of hydrogen-bond donors (Lipinski definition) is 1. The topological polar surface area (TPSA) is 123 Å². The van der Waals surface area contributed by atoms with Gasteiger partial charge in [-0.25, -0.2) is 0 Å². The maximum atomic E-state index is 13.2. The highest BCUT2D eigenvalue weighted by Crippen LogP contribution is 2.58. The zero-order valence-electron chi connectivity index (χ0n) is 27.9. The summed E-state index contributed by atoms with van der Waals surface area (Å²) >= 11 is 0. The molecule has 3 aromatic carbocycles. The number of carbonyl (C=O) groups excluding carboxylic acids is 1. The van der Waals surface area contributed by atoms with Gasteiger partial charge in [0.1, 0.15) is 18.4 Å². The van der Waals surface area contributed by atoms with E-state index in [0.29, 0.717) is 59.0 Å². The predicted octanol–water partition coefficient (Wildman–Crippen LogP) is 4.68. The van der Waals surface area contributed by atoms with E-state index in [9.17, 15) is 15.2 Å². The fourth-order valence-electron chi connectivity index (χ4n) is 8.38. The number of carbonyl (C=O) groups is 1. The number of fused-ring (bicyclic) bond motifs is 9. The molecule has 1 N–H and O–H groups in total. The summed E-state index contributed by atoms with van der Waals surface area (Å²) in [6.07, 6.45) is 1.78. The van der Waals surface area contributed by atoms with Gasteiger partial charge in [-0.1, -0.05) is 36.4 Å². The third-order valence-electron chi connectivity index (χ3n) is 10.5. The van der Waals surface area contributed by atoms with Crippen LogP contribution in [0.1, 0.15) is 57.4 Å². The molecule has 4 aliphatic heterocycles. The van der Waals surface area contributed by atoms with Crippen LogP contribution in [0, 0.1) is 25.2 Å². The molecule has 11 heteroatoms. The Morgan fingerprint density at radius 3 is 2.56 bits per heavy atom. The van der Waals surface area contributed by atoms with Crippen LogP contribution in [0.25, 0.3) is 0 Å². The number of hydrogen-bond acceptors (Lipinski definition) is 11. The smallest absolute Gasteiger partial charge is 0.306 e. The number of piperazine rings is 1. The Kier molecular flexibility index (Phi) is 8.58. The number of esters is 1. The van der Waals surface area contributed by atoms with Gasteiger partial charge in [0, 0.05) is 47.9 Å². The summed E-state index contributed by atoms with van der Waals surface area (Å²) < 4.78 is 35.4. The largest absolute Gasteiger partial charge is 0.507 e. The highest BCUT2D eigenvalue weighted by Gasteiger charge is 2.57. The van der Waals surface area contributed by atoms with Crippen molar-refractivity contribution in [2.24, 2.45) is 0 Å². The Morgan fingerprint density at radius 1 is 1.06 bits per heavy atom. The molecular weight excluding hydrogens is 614 g/mol. The summed E-state index contributed by atoms with van der Waals surface area (Å²) in [5.74, 6) is 2.05. The van der Waals surface area contributed by atoms with Gasteiger partial charge in [0.05, 0.1) is 25.3 Å². The fourth-order valence-corrected chi connectivity index (χ4v) is 8.38. The first-order valence-corrected chi connectivity index (χ1v) is 16.3. The molecule has 48 heavy (non-hydrogen) atoms. The lowest BCUT2D eigenvalue weighted by Gasteiger charge is -2.59. The Bertz CT molecular complexity index is 1770. The molecule has 0 spiro atoms. The fraction of sp³-hybridized carbons (Fsp3) is 0.459. The van der Waals surface area contributed by atoms with Crippen LogP contribution in [-0.2, 0) is 33.5 Å². The van der Waals surface area contributed by atoms with Crippen molar-refractivity contribution in [1.82, 2.24) is 9.80 Å². The van der Waals surface area contributed by atoms with Gasteiger partial charge < -0.3 is 33.5 Å². The summed E-state index contributed by atoms with van der Waals surface area (Å²) in [6, 6.07) is 12.7. The van der Waals surface area contributed by atoms with Crippen molar-refractivity contribution in [3.05, 3.63) is 75.3 Å². The van der Waals surface area contributed by atoms with E-state index >= 15 is 0 Å². The normalized spacial score (nSPS) is 23.8. The first kappa shape index (κ1) is 32.1. The van der Waals surface area contributed by atoms with Crippen molar-refractivity contribution in [1.29, 1.82) is 5.26 Å². The number of aryl methyl sites for hydroxylation is 2. The van der Waals surface area contributed by atoms with E-state index in [1.807, 2.05) is 51.2 Å². The number of rotatable bonds is 9. The third kappa shape index (κ3) is 5.10. The van der Waals surface area contributed by atoms with Gasteiger partial charge in [-0.05, 0) is 56.8 Å². The minimum absolute atomic E-state index is 0.0153. The summed E-state index contributed by atoms with van der Waals surface area (Å²) in [6.45, 7) is 3.84. The number of phenols is 1. The molecule has 0 amide bonds. The summed E-state index contributed by atoms with van der Waals surface area (Å²) in [4.78, 5) is 17.7. The Balaban J connectivity index is 1.34. The van der Waals surface area contributed by atoms with Crippen LogP contribution in [0.3, 0.4) is 0 Å². The van der Waals surface area contributed by atoms with E-state index in [2.05, 4.69) is 21.9 Å². The first-order valence-electron chi connectivity index (χ1n) is 16.3. The minimum atomic E-state index is -0.582. The van der Waals surface area contributed by atoms with Crippen molar-refractivity contribution in [3.63, 3.8) is 0 Å². The number of phenolic OH excluding ortho intramolecular Hbond substituents is 1. The molecule has 1 fully saturated rings. The second-order valence-corrected chi connectivity index (χ2v) is 13.0. The second-order valence-electron chi connectivity index (χ2n) is 13.0. The Hall–Kier alpha value is -4.50. The average molecular weight is 656 g/mol. The maximum Gasteiger partial charge on any atom is 0.306 e. The van der Waals surface area contributed by atoms with Crippen molar-refractivity contribution >= 4 is 5.97 Å². The van der Waals surface area contributed by atoms with E-state index in [4.69, 9.17) is 28.4 Å². The number of methoxy groups -OCH3 is 2. The average Bonchev–Trinajstić information content (AvgIpc) is 3.58. The van der Waals surface area contributed by atoms with E-state index in [-0.39, 0.29) is 56.5 Å². The van der Waals surface area contributed by atoms with E-state index in [1.54, 1.807) is 14.2 Å². The molecule has 7 rings (SSSR count). The number of benzene rings is 3. The molecule has 0 saturated carbocycles. The standard InChI is InChI=1S/C37H41N3O8/c1-20-13-23-14-25-27(16-38)40-26(32(39(25)3)30(23)36(34(20)44-5)46-18-43-4)15-24-31(37-35(47-19-48-37)21(2)33(24)42)28(40)17-45-29(41)12-11-22-9-7-6-8-10-22/h6-10,13,25-28,32,42H,11-12,14-15,17-19H2,1-5H3/t25-,26?,27+,28+,32-/m1/s1. The third-order valence-corrected chi connectivity index (χ3v) is 10.5. The zero-order valence-corrected chi connectivity index (χ0v) is 27.9. The lowest BCUT2D eigenvalue weighted by atomic mass is 9.71. The van der Waals surface area contributed by atoms with Gasteiger partial charge in [-0.3, -0.25) is 14.6 Å². The van der Waals surface area contributed by atoms with Crippen molar-refractivity contribution in [2.75, 3.05) is 41.5 Å². The molecule has 3 aromatic rings. The number of likely N-dealkylation sites (N-methyl/N-ethyl adjacent to an activating group) is 1. The van der Waals surface area contributed by atoms with Gasteiger partial charge in [-0.15, -0.1) is 0 Å².